The first-order chi connectivity index (χ1) is 15.7. The number of fused-ring (bicyclic) bond motifs is 1. The van der Waals surface area contributed by atoms with Crippen LogP contribution in [0.1, 0.15) is 47.2 Å². The summed E-state index contributed by atoms with van der Waals surface area (Å²) < 4.78 is 11.0. The molecule has 0 bridgehead atoms. The summed E-state index contributed by atoms with van der Waals surface area (Å²) in [5.74, 6) is 0.390. The van der Waals surface area contributed by atoms with Gasteiger partial charge in [0.25, 0.3) is 0 Å². The lowest BCUT2D eigenvalue weighted by Gasteiger charge is -2.33. The van der Waals surface area contributed by atoms with Gasteiger partial charge in [-0.2, -0.15) is 5.10 Å². The summed E-state index contributed by atoms with van der Waals surface area (Å²) in [6.45, 7) is 4.17. The van der Waals surface area contributed by atoms with Crippen LogP contribution in [-0.4, -0.2) is 53.5 Å². The van der Waals surface area contributed by atoms with E-state index < -0.39 is 0 Å². The molecule has 2 aromatic carbocycles. The molecule has 168 valence electrons. The van der Waals surface area contributed by atoms with Crippen LogP contribution in [0.3, 0.4) is 0 Å². The Morgan fingerprint density at radius 2 is 2.12 bits per heavy atom. The molecule has 0 spiro atoms. The molecule has 3 heterocycles. The van der Waals surface area contributed by atoms with Crippen molar-refractivity contribution < 1.29 is 14.3 Å². The van der Waals surface area contributed by atoms with Gasteiger partial charge in [0.15, 0.2) is 0 Å². The summed E-state index contributed by atoms with van der Waals surface area (Å²) in [5, 5.41) is 8.33. The lowest BCUT2D eigenvalue weighted by molar-refractivity contribution is 0.0161. The molecule has 2 aliphatic heterocycles. The Balaban J connectivity index is 1.16. The first-order valence-corrected chi connectivity index (χ1v) is 11.7. The first-order valence-electron chi connectivity index (χ1n) is 11.7. The topological polar surface area (TPSA) is 67.5 Å². The van der Waals surface area contributed by atoms with Crippen molar-refractivity contribution in [3.63, 3.8) is 0 Å². The van der Waals surface area contributed by atoms with Crippen molar-refractivity contribution in [2.75, 3.05) is 26.3 Å². The maximum Gasteiger partial charge on any atom is 0.338 e. The average molecular weight is 434 g/mol. The molecule has 3 aromatic rings. The molecule has 0 radical (unpaired) electrons. The van der Waals surface area contributed by atoms with E-state index in [-0.39, 0.29) is 12.1 Å². The predicted octanol–water partition coefficient (Wildman–Crippen LogP) is 4.35. The highest BCUT2D eigenvalue weighted by Crippen LogP contribution is 2.24. The number of hydrogen-bond donors (Lipinski definition) is 1. The van der Waals surface area contributed by atoms with Crippen molar-refractivity contribution in [2.24, 2.45) is 5.92 Å². The fourth-order valence-corrected chi connectivity index (χ4v) is 5.00. The van der Waals surface area contributed by atoms with E-state index in [4.69, 9.17) is 9.47 Å². The zero-order chi connectivity index (χ0) is 21.8. The number of carbonyl (C=O) groups excluding carboxylic acids is 1. The van der Waals surface area contributed by atoms with Crippen LogP contribution in [0.15, 0.2) is 48.7 Å². The molecule has 1 N–H and O–H groups in total. The number of piperidine rings is 1. The first kappa shape index (κ1) is 21.2. The molecule has 0 aliphatic carbocycles. The van der Waals surface area contributed by atoms with Crippen molar-refractivity contribution in [3.8, 4) is 0 Å². The highest BCUT2D eigenvalue weighted by Gasteiger charge is 2.21. The molecular formula is C26H31N3O3. The van der Waals surface area contributed by atoms with Gasteiger partial charge in [-0.3, -0.25) is 10.00 Å². The van der Waals surface area contributed by atoms with E-state index in [9.17, 15) is 4.79 Å². The fourth-order valence-electron chi connectivity index (χ4n) is 5.00. The maximum absolute atomic E-state index is 12.5. The van der Waals surface area contributed by atoms with Crippen molar-refractivity contribution >= 4 is 16.9 Å². The van der Waals surface area contributed by atoms with Gasteiger partial charge in [0, 0.05) is 25.1 Å². The molecule has 6 heteroatoms. The molecule has 6 nitrogen and oxygen atoms in total. The van der Waals surface area contributed by atoms with E-state index in [1.807, 2.05) is 24.4 Å². The van der Waals surface area contributed by atoms with Crippen molar-refractivity contribution in [1.29, 1.82) is 0 Å². The molecule has 2 fully saturated rings. The molecule has 2 aliphatic rings. The van der Waals surface area contributed by atoms with E-state index >= 15 is 0 Å². The SMILES string of the molecule is O=C(OCC1CCCO1)c1cccc(CN2CCCC(Cc3ccc4[nH]ncc4c3)C2)c1. The van der Waals surface area contributed by atoms with Gasteiger partial charge >= 0.3 is 5.97 Å². The summed E-state index contributed by atoms with van der Waals surface area (Å²) in [4.78, 5) is 15.0. The van der Waals surface area contributed by atoms with E-state index in [0.717, 1.165) is 56.6 Å². The normalized spacial score (nSPS) is 21.8. The molecular weight excluding hydrogens is 402 g/mol. The molecule has 5 rings (SSSR count). The smallest absolute Gasteiger partial charge is 0.338 e. The van der Waals surface area contributed by atoms with Crippen LogP contribution >= 0.6 is 0 Å². The Labute approximate surface area is 188 Å². The zero-order valence-corrected chi connectivity index (χ0v) is 18.5. The van der Waals surface area contributed by atoms with Gasteiger partial charge in [-0.25, -0.2) is 4.79 Å². The van der Waals surface area contributed by atoms with E-state index in [1.165, 1.54) is 23.8 Å². The molecule has 1 aromatic heterocycles. The largest absolute Gasteiger partial charge is 0.459 e. The number of ether oxygens (including phenoxy) is 2. The Morgan fingerprint density at radius 1 is 1.16 bits per heavy atom. The Bertz CT molecular complexity index is 1060. The van der Waals surface area contributed by atoms with Gasteiger partial charge in [-0.15, -0.1) is 0 Å². The Morgan fingerprint density at radius 3 is 3.03 bits per heavy atom. The van der Waals surface area contributed by atoms with Gasteiger partial charge < -0.3 is 9.47 Å². The second-order valence-corrected chi connectivity index (χ2v) is 9.17. The third-order valence-electron chi connectivity index (χ3n) is 6.63. The van der Waals surface area contributed by atoms with E-state index in [0.29, 0.717) is 18.1 Å². The summed E-state index contributed by atoms with van der Waals surface area (Å²) in [6, 6.07) is 14.5. The van der Waals surface area contributed by atoms with Crippen molar-refractivity contribution in [2.45, 2.75) is 44.8 Å². The molecule has 2 atom stereocenters. The number of carbonyl (C=O) groups is 1. The standard InChI is InChI=1S/C26H31N3O3/c30-26(32-18-24-7-3-11-31-24)22-6-1-4-21(14-22)17-29-10-2-5-20(16-29)12-19-8-9-25-23(13-19)15-27-28-25/h1,4,6,8-9,13-15,20,24H,2-3,5,7,10-12,16-18H2,(H,27,28). The van der Waals surface area contributed by atoms with Crippen molar-refractivity contribution in [3.05, 3.63) is 65.4 Å². The number of benzene rings is 2. The highest BCUT2D eigenvalue weighted by atomic mass is 16.6. The summed E-state index contributed by atoms with van der Waals surface area (Å²) >= 11 is 0. The number of esters is 1. The van der Waals surface area contributed by atoms with Crippen LogP contribution in [0, 0.1) is 5.92 Å². The predicted molar refractivity (Wildman–Crippen MR) is 123 cm³/mol. The van der Waals surface area contributed by atoms with Gasteiger partial charge in [0.05, 0.1) is 23.4 Å². The van der Waals surface area contributed by atoms with E-state index in [2.05, 4.69) is 39.4 Å². The monoisotopic (exact) mass is 433 g/mol. The van der Waals surface area contributed by atoms with Gasteiger partial charge in [-0.1, -0.05) is 18.2 Å². The number of nitrogens with zero attached hydrogens (tertiary/aromatic N) is 2. The Kier molecular flexibility index (Phi) is 6.51. The zero-order valence-electron chi connectivity index (χ0n) is 18.5. The molecule has 0 amide bonds. The van der Waals surface area contributed by atoms with Crippen LogP contribution in [0.5, 0.6) is 0 Å². The third kappa shape index (κ3) is 5.19. The minimum atomic E-state index is -0.256. The quantitative estimate of drug-likeness (QED) is 0.561. The maximum atomic E-state index is 12.5. The summed E-state index contributed by atoms with van der Waals surface area (Å²) in [7, 11) is 0. The number of likely N-dealkylation sites (tertiary alicyclic amines) is 1. The number of aromatic amines is 1. The molecule has 0 saturated carbocycles. The van der Waals surface area contributed by atoms with Gasteiger partial charge in [-0.05, 0) is 80.0 Å². The van der Waals surface area contributed by atoms with Crippen LogP contribution < -0.4 is 0 Å². The molecule has 2 unspecified atom stereocenters. The molecule has 2 saturated heterocycles. The fraction of sp³-hybridized carbons (Fsp3) is 0.462. The van der Waals surface area contributed by atoms with Gasteiger partial charge in [0.2, 0.25) is 0 Å². The van der Waals surface area contributed by atoms with Crippen LogP contribution in [-0.2, 0) is 22.4 Å². The molecule has 32 heavy (non-hydrogen) atoms. The number of aromatic nitrogens is 2. The minimum Gasteiger partial charge on any atom is -0.459 e. The Hall–Kier alpha value is -2.70. The second kappa shape index (κ2) is 9.84. The van der Waals surface area contributed by atoms with Crippen molar-refractivity contribution in [1.82, 2.24) is 15.1 Å². The third-order valence-corrected chi connectivity index (χ3v) is 6.63. The minimum absolute atomic E-state index is 0.0571. The number of rotatable bonds is 7. The van der Waals surface area contributed by atoms with E-state index in [1.54, 1.807) is 0 Å². The lowest BCUT2D eigenvalue weighted by atomic mass is 9.90. The number of H-pyrrole nitrogens is 1. The lowest BCUT2D eigenvalue weighted by Crippen LogP contribution is -2.35. The summed E-state index contributed by atoms with van der Waals surface area (Å²) in [5.41, 5.74) is 4.26. The van der Waals surface area contributed by atoms with Crippen LogP contribution in [0.4, 0.5) is 0 Å². The van der Waals surface area contributed by atoms with Crippen LogP contribution in [0.2, 0.25) is 0 Å². The van der Waals surface area contributed by atoms with Crippen LogP contribution in [0.25, 0.3) is 10.9 Å². The summed E-state index contributed by atoms with van der Waals surface area (Å²) in [6.07, 6.45) is 7.53. The average Bonchev–Trinajstić information content (AvgIpc) is 3.49. The second-order valence-electron chi connectivity index (χ2n) is 9.17. The number of hydrogen-bond acceptors (Lipinski definition) is 5. The highest BCUT2D eigenvalue weighted by molar-refractivity contribution is 5.89. The number of nitrogens with one attached hydrogen (secondary N) is 1. The van der Waals surface area contributed by atoms with Gasteiger partial charge in [0.1, 0.15) is 6.61 Å².